The molecule has 2 fully saturated rings. The second-order valence-corrected chi connectivity index (χ2v) is 18.7. The Hall–Kier alpha value is -4.96. The molecule has 0 radical (unpaired) electrons. The third-order valence-electron chi connectivity index (χ3n) is 11.5. The molecule has 2 aliphatic carbocycles. The van der Waals surface area contributed by atoms with E-state index < -0.39 is 52.9 Å². The molecule has 5 rings (SSSR count). The smallest absolute Gasteiger partial charge is 0.338 e. The number of fused-ring (bicyclic) bond motifs is 1. The molecule has 3 aliphatic rings. The van der Waals surface area contributed by atoms with Crippen LogP contribution in [0.15, 0.2) is 72.3 Å². The van der Waals surface area contributed by atoms with E-state index in [1.165, 1.54) is 26.3 Å². The van der Waals surface area contributed by atoms with Crippen molar-refractivity contribution in [3.05, 3.63) is 83.4 Å². The number of allylic oxidation sites excluding steroid dienone is 1. The van der Waals surface area contributed by atoms with Crippen molar-refractivity contribution in [1.82, 2.24) is 10.6 Å². The molecule has 0 bridgehead atoms. The number of carboxylic acids is 1. The molecule has 1 saturated heterocycles. The molecule has 7 atom stereocenters. The number of hydrogen-bond donors (Lipinski definition) is 6. The van der Waals surface area contributed by atoms with Gasteiger partial charge in [0.2, 0.25) is 0 Å². The number of ketones is 2. The van der Waals surface area contributed by atoms with Crippen LogP contribution < -0.4 is 10.6 Å². The van der Waals surface area contributed by atoms with Crippen molar-refractivity contribution >= 4 is 35.5 Å². The number of aliphatic carboxylic acids is 1. The van der Waals surface area contributed by atoms with Gasteiger partial charge in [0.25, 0.3) is 0 Å². The first-order valence-corrected chi connectivity index (χ1v) is 22.2. The molecule has 2 aromatic carbocycles. The van der Waals surface area contributed by atoms with Crippen LogP contribution in [-0.4, -0.2) is 105 Å². The van der Waals surface area contributed by atoms with Crippen LogP contribution in [0.3, 0.4) is 0 Å². The number of Topliss-reactive ketones (excluding diaryl/α,β-unsaturated/α-hetero) is 2. The lowest BCUT2D eigenvalue weighted by atomic mass is 9.57. The van der Waals surface area contributed by atoms with Gasteiger partial charge in [-0.05, 0) is 84.4 Å². The van der Waals surface area contributed by atoms with Crippen LogP contribution in [0.25, 0.3) is 0 Å². The topological polar surface area (TPSA) is 235 Å². The predicted molar refractivity (Wildman–Crippen MR) is 248 cm³/mol. The zero-order valence-electron chi connectivity index (χ0n) is 40.8. The van der Waals surface area contributed by atoms with Crippen LogP contribution in [0.4, 0.5) is 4.79 Å². The highest BCUT2D eigenvalue weighted by Gasteiger charge is 2.62. The number of carboxylic acid groups (broad SMARTS) is 1. The van der Waals surface area contributed by atoms with Gasteiger partial charge in [0.05, 0.1) is 18.2 Å². The lowest BCUT2D eigenvalue weighted by Gasteiger charge is -2.58. The molecule has 364 valence electrons. The molecule has 0 aromatic heterocycles. The third-order valence-corrected chi connectivity index (χ3v) is 11.5. The normalized spacial score (nSPS) is 24.5. The second kappa shape index (κ2) is 25.7. The Bertz CT molecular complexity index is 1890. The summed E-state index contributed by atoms with van der Waals surface area (Å²) in [6, 6.07) is 15.8. The number of amides is 2. The highest BCUT2D eigenvalue weighted by atomic mass is 16.6. The van der Waals surface area contributed by atoms with Crippen LogP contribution >= 0.6 is 0 Å². The Balaban J connectivity index is 0.000000459. The van der Waals surface area contributed by atoms with Crippen molar-refractivity contribution in [2.45, 2.75) is 157 Å². The minimum atomic E-state index is -1.72. The number of carbonyl (C=O) groups excluding carboxylic acids is 5. The summed E-state index contributed by atoms with van der Waals surface area (Å²) in [6.07, 6.45) is 3.53. The number of ether oxygens (including phenoxy) is 3. The van der Waals surface area contributed by atoms with Crippen molar-refractivity contribution in [2.75, 3.05) is 19.8 Å². The van der Waals surface area contributed by atoms with Gasteiger partial charge in [-0.1, -0.05) is 108 Å². The molecule has 6 N–H and O–H groups in total. The third kappa shape index (κ3) is 17.4. The minimum absolute atomic E-state index is 0.0253. The monoisotopic (exact) mass is 913 g/mol. The van der Waals surface area contributed by atoms with Gasteiger partial charge in [-0.3, -0.25) is 9.59 Å². The number of urea groups is 1. The predicted octanol–water partition coefficient (Wildman–Crippen LogP) is 7.31. The van der Waals surface area contributed by atoms with Crippen molar-refractivity contribution in [2.24, 2.45) is 16.7 Å². The number of hydrogen-bond acceptors (Lipinski definition) is 12. The standard InChI is InChI=1S/C17H22O3.C14H20N2O4.C14H22O5.C3H6O.C2H6/c1-13-9-10-17(19,16(2,3)11-13)12-20-15(18)14-7-5-4-6-8-14;1-14(2,3)16-13(20)15-10(11(17)12(18)19)9-7-5-4-6-8-9;1-4-10-5-12-14(8-18-12,19-9(2)16)7-13(10,3)11(17)6-15;1-3(2)4;1-2/h4-9,19H,10-12H2,1-3H3;4-8,10-11,17H,1-3H3,(H,18,19)(H2,15,16,20);10,12,15H,4-8H2,1-3H3;1-2H3;1-2H3/t17-;10-,11+;10-,12+,13?,14-;;/m100../s1. The number of esters is 2. The van der Waals surface area contributed by atoms with Gasteiger partial charge >= 0.3 is 23.9 Å². The number of rotatable bonds is 11. The van der Waals surface area contributed by atoms with E-state index in [0.29, 0.717) is 37.0 Å². The largest absolute Gasteiger partial charge is 0.479 e. The van der Waals surface area contributed by atoms with Crippen molar-refractivity contribution in [1.29, 1.82) is 0 Å². The SMILES string of the molecule is CC.CC(C)(C)NC(=O)N[C@@H](c1ccccc1)[C@@H](O)C(=O)O.CC(C)=O.CC1=CC[C@@](O)(COC(=O)c2ccccc2)C(C)(C)C1.CC[C@H]1C[C@H]2OC[C@@]2(OC(C)=O)CC1(C)C(=O)CO. The Morgan fingerprint density at radius 2 is 1.46 bits per heavy atom. The maximum atomic E-state index is 12.1. The van der Waals surface area contributed by atoms with E-state index >= 15 is 0 Å². The van der Waals surface area contributed by atoms with E-state index in [-0.39, 0.29) is 47.5 Å². The summed E-state index contributed by atoms with van der Waals surface area (Å²) < 4.78 is 16.3. The van der Waals surface area contributed by atoms with Gasteiger partial charge < -0.3 is 50.1 Å². The Kier molecular flexibility index (Phi) is 22.9. The molecule has 2 aromatic rings. The second-order valence-electron chi connectivity index (χ2n) is 18.7. The van der Waals surface area contributed by atoms with Crippen molar-refractivity contribution < 1.29 is 63.4 Å². The zero-order valence-corrected chi connectivity index (χ0v) is 40.8. The Labute approximate surface area is 385 Å². The number of carbonyl (C=O) groups is 6. The van der Waals surface area contributed by atoms with Gasteiger partial charge in [0.1, 0.15) is 30.7 Å². The molecule has 15 heteroatoms. The highest BCUT2D eigenvalue weighted by Crippen LogP contribution is 2.54. The average Bonchev–Trinajstić information content (AvgIpc) is 3.22. The molecule has 2 amide bonds. The maximum Gasteiger partial charge on any atom is 0.338 e. The van der Waals surface area contributed by atoms with Gasteiger partial charge in [-0.25, -0.2) is 14.4 Å². The van der Waals surface area contributed by atoms with Crippen molar-refractivity contribution in [3.63, 3.8) is 0 Å². The molecular weight excluding hydrogens is 837 g/mol. The maximum absolute atomic E-state index is 12.1. The zero-order chi connectivity index (χ0) is 50.0. The summed E-state index contributed by atoms with van der Waals surface area (Å²) in [7, 11) is 0. The van der Waals surface area contributed by atoms with Crippen LogP contribution in [0, 0.1) is 16.7 Å². The van der Waals surface area contributed by atoms with Gasteiger partial charge in [-0.2, -0.15) is 0 Å². The van der Waals surface area contributed by atoms with E-state index in [4.69, 9.17) is 19.3 Å². The summed E-state index contributed by atoms with van der Waals surface area (Å²) >= 11 is 0. The van der Waals surface area contributed by atoms with E-state index in [9.17, 15) is 44.1 Å². The highest BCUT2D eigenvalue weighted by molar-refractivity contribution is 5.89. The fourth-order valence-corrected chi connectivity index (χ4v) is 7.98. The van der Waals surface area contributed by atoms with E-state index in [2.05, 4.69) is 17.6 Å². The quantitative estimate of drug-likeness (QED) is 0.0960. The van der Waals surface area contributed by atoms with E-state index in [0.717, 1.165) is 12.8 Å². The first kappa shape index (κ1) is 58.1. The molecule has 1 aliphatic heterocycles. The van der Waals surface area contributed by atoms with E-state index in [1.807, 2.05) is 53.7 Å². The van der Waals surface area contributed by atoms with Gasteiger partial charge in [0.15, 0.2) is 17.5 Å². The summed E-state index contributed by atoms with van der Waals surface area (Å²) in [5, 5.41) is 43.8. The van der Waals surface area contributed by atoms with Crippen LogP contribution in [0.2, 0.25) is 0 Å². The number of nitrogens with one attached hydrogen (secondary N) is 2. The summed E-state index contributed by atoms with van der Waals surface area (Å²) in [5.74, 6) is -1.98. The molecule has 0 spiro atoms. The first-order valence-electron chi connectivity index (χ1n) is 22.2. The first-order chi connectivity index (χ1) is 30.2. The summed E-state index contributed by atoms with van der Waals surface area (Å²) in [6.45, 7) is 23.8. The Morgan fingerprint density at radius 3 is 1.89 bits per heavy atom. The molecule has 1 unspecified atom stereocenters. The lowest BCUT2D eigenvalue weighted by molar-refractivity contribution is -0.286. The summed E-state index contributed by atoms with van der Waals surface area (Å²) in [5.41, 5.74) is -0.771. The van der Waals surface area contributed by atoms with E-state index in [1.54, 1.807) is 75.4 Å². The van der Waals surface area contributed by atoms with Crippen LogP contribution in [0.5, 0.6) is 0 Å². The number of benzene rings is 2. The number of aliphatic hydroxyl groups is 3. The van der Waals surface area contributed by atoms with Gasteiger partial charge in [0, 0.05) is 29.7 Å². The fourth-order valence-electron chi connectivity index (χ4n) is 7.98. The minimum Gasteiger partial charge on any atom is -0.479 e. The molecular formula is C50H76N2O13. The molecule has 1 heterocycles. The molecule has 1 saturated carbocycles. The lowest BCUT2D eigenvalue weighted by Crippen LogP contribution is -2.68. The fraction of sp³-hybridized carbons (Fsp3) is 0.600. The van der Waals surface area contributed by atoms with Crippen LogP contribution in [0.1, 0.15) is 144 Å². The van der Waals surface area contributed by atoms with Crippen molar-refractivity contribution in [3.8, 4) is 0 Å². The van der Waals surface area contributed by atoms with Gasteiger partial charge in [-0.15, -0.1) is 0 Å². The summed E-state index contributed by atoms with van der Waals surface area (Å²) in [4.78, 5) is 67.6. The molecule has 65 heavy (non-hydrogen) atoms. The number of aliphatic hydroxyl groups excluding tert-OH is 2. The molecule has 15 nitrogen and oxygen atoms in total. The average molecular weight is 913 g/mol. The Morgan fingerprint density at radius 1 is 0.923 bits per heavy atom. The van der Waals surface area contributed by atoms with Crippen LogP contribution in [-0.2, 0) is 33.4 Å².